The topological polar surface area (TPSA) is 75.7 Å². The largest absolute Gasteiger partial charge is 0.495 e. The van der Waals surface area contributed by atoms with Crippen molar-refractivity contribution in [3.8, 4) is 5.75 Å². The quantitative estimate of drug-likeness (QED) is 0.725. The van der Waals surface area contributed by atoms with Gasteiger partial charge in [0.1, 0.15) is 16.5 Å². The molecule has 0 unspecified atom stereocenters. The van der Waals surface area contributed by atoms with Crippen LogP contribution in [0.3, 0.4) is 0 Å². The van der Waals surface area contributed by atoms with E-state index in [9.17, 15) is 17.6 Å². The molecule has 10 heteroatoms. The summed E-state index contributed by atoms with van der Waals surface area (Å²) in [5.74, 6) is -1.59. The van der Waals surface area contributed by atoms with Crippen LogP contribution in [0.5, 0.6) is 5.75 Å². The molecule has 0 aromatic heterocycles. The Morgan fingerprint density at radius 1 is 1.24 bits per heavy atom. The second-order valence-corrected chi connectivity index (χ2v) is 9.36. The first-order valence-corrected chi connectivity index (χ1v) is 11.0. The van der Waals surface area contributed by atoms with E-state index in [4.69, 9.17) is 27.9 Å². The molecule has 1 amide bonds. The fourth-order valence-corrected chi connectivity index (χ4v) is 5.22. The summed E-state index contributed by atoms with van der Waals surface area (Å²) in [5, 5.41) is 3.44. The lowest BCUT2D eigenvalue weighted by atomic mass is 9.99. The fraction of sp³-hybridized carbons (Fsp3) is 0.316. The number of benzene rings is 2. The molecule has 1 atom stereocenters. The maximum absolute atomic E-state index is 13.7. The molecule has 1 aliphatic heterocycles. The third-order valence-corrected chi connectivity index (χ3v) is 7.14. The Labute approximate surface area is 178 Å². The van der Waals surface area contributed by atoms with E-state index in [-0.39, 0.29) is 29.6 Å². The van der Waals surface area contributed by atoms with Gasteiger partial charge in [-0.25, -0.2) is 12.8 Å². The molecule has 6 nitrogen and oxygen atoms in total. The molecule has 0 aliphatic carbocycles. The maximum Gasteiger partial charge on any atom is 0.246 e. The van der Waals surface area contributed by atoms with E-state index < -0.39 is 21.8 Å². The molecule has 156 valence electrons. The van der Waals surface area contributed by atoms with Crippen molar-refractivity contribution in [2.45, 2.75) is 17.7 Å². The number of ether oxygens (including phenoxy) is 1. The number of hydrogen-bond donors (Lipinski definition) is 1. The number of methoxy groups -OCH3 is 1. The smallest absolute Gasteiger partial charge is 0.246 e. The zero-order valence-corrected chi connectivity index (χ0v) is 17.8. The molecule has 1 N–H and O–H groups in total. The Balaban J connectivity index is 1.80. The normalized spacial score (nSPS) is 17.7. The van der Waals surface area contributed by atoms with Crippen LogP contribution in [-0.2, 0) is 14.8 Å². The van der Waals surface area contributed by atoms with E-state index in [1.807, 2.05) is 0 Å². The number of carbonyl (C=O) groups is 1. The van der Waals surface area contributed by atoms with Crippen molar-refractivity contribution in [2.75, 3.05) is 25.5 Å². The number of amides is 1. The Morgan fingerprint density at radius 2 is 2.00 bits per heavy atom. The van der Waals surface area contributed by atoms with Gasteiger partial charge in [0.05, 0.1) is 23.7 Å². The lowest BCUT2D eigenvalue weighted by molar-refractivity contribution is -0.120. The van der Waals surface area contributed by atoms with Gasteiger partial charge in [-0.05, 0) is 49.2 Å². The number of anilines is 1. The van der Waals surface area contributed by atoms with E-state index in [1.165, 1.54) is 23.5 Å². The molecule has 0 spiro atoms. The molecule has 0 bridgehead atoms. The van der Waals surface area contributed by atoms with Crippen LogP contribution >= 0.6 is 23.2 Å². The van der Waals surface area contributed by atoms with Crippen LogP contribution < -0.4 is 10.1 Å². The van der Waals surface area contributed by atoms with E-state index in [2.05, 4.69) is 5.32 Å². The van der Waals surface area contributed by atoms with Crippen molar-refractivity contribution in [3.63, 3.8) is 0 Å². The number of piperidine rings is 1. The van der Waals surface area contributed by atoms with Gasteiger partial charge in [0.15, 0.2) is 0 Å². The van der Waals surface area contributed by atoms with E-state index in [1.54, 1.807) is 12.1 Å². The minimum absolute atomic E-state index is 0.0357. The van der Waals surface area contributed by atoms with E-state index >= 15 is 0 Å². The predicted molar refractivity (Wildman–Crippen MR) is 110 cm³/mol. The summed E-state index contributed by atoms with van der Waals surface area (Å²) in [6.07, 6.45) is 0.995. The molecule has 1 fully saturated rings. The first-order chi connectivity index (χ1) is 13.7. The molecule has 3 rings (SSSR count). The fourth-order valence-electron chi connectivity index (χ4n) is 3.19. The number of sulfonamides is 1. The van der Waals surface area contributed by atoms with Crippen LogP contribution in [0, 0.1) is 11.7 Å². The summed E-state index contributed by atoms with van der Waals surface area (Å²) in [4.78, 5) is 12.4. The highest BCUT2D eigenvalue weighted by Crippen LogP contribution is 2.31. The first-order valence-electron chi connectivity index (χ1n) is 8.82. The summed E-state index contributed by atoms with van der Waals surface area (Å²) in [5.41, 5.74) is 0.357. The SMILES string of the molecule is COc1ccc(F)cc1S(=O)(=O)N1CCC[C@@H](C(=O)Nc2cc(Cl)ccc2Cl)C1. The molecule has 29 heavy (non-hydrogen) atoms. The molecule has 0 radical (unpaired) electrons. The molecule has 1 aliphatic rings. The van der Waals surface area contributed by atoms with Crippen molar-refractivity contribution in [1.82, 2.24) is 4.31 Å². The lowest BCUT2D eigenvalue weighted by Crippen LogP contribution is -2.43. The Morgan fingerprint density at radius 3 is 2.72 bits per heavy atom. The average molecular weight is 461 g/mol. The third kappa shape index (κ3) is 4.83. The summed E-state index contributed by atoms with van der Waals surface area (Å²) in [6.45, 7) is 0.190. The first kappa shape index (κ1) is 21.8. The van der Waals surface area contributed by atoms with Crippen molar-refractivity contribution < 1.29 is 22.3 Å². The van der Waals surface area contributed by atoms with Crippen LogP contribution in [0.2, 0.25) is 10.0 Å². The predicted octanol–water partition coefficient (Wildman–Crippen LogP) is 4.18. The number of rotatable bonds is 5. The van der Waals surface area contributed by atoms with E-state index in [0.29, 0.717) is 28.6 Å². The third-order valence-electron chi connectivity index (χ3n) is 4.68. The van der Waals surface area contributed by atoms with Crippen molar-refractivity contribution >= 4 is 44.8 Å². The minimum atomic E-state index is -4.04. The molecule has 2 aromatic carbocycles. The van der Waals surface area contributed by atoms with Crippen molar-refractivity contribution in [1.29, 1.82) is 0 Å². The molecule has 1 saturated heterocycles. The number of nitrogens with one attached hydrogen (secondary N) is 1. The van der Waals surface area contributed by atoms with Crippen molar-refractivity contribution in [3.05, 3.63) is 52.3 Å². The number of hydrogen-bond acceptors (Lipinski definition) is 4. The van der Waals surface area contributed by atoms with Gasteiger partial charge < -0.3 is 10.1 Å². The molecular formula is C19H19Cl2FN2O4S. The van der Waals surface area contributed by atoms with Crippen LogP contribution in [0.1, 0.15) is 12.8 Å². The van der Waals surface area contributed by atoms with Gasteiger partial charge >= 0.3 is 0 Å². The van der Waals surface area contributed by atoms with Gasteiger partial charge in [-0.1, -0.05) is 23.2 Å². The highest BCUT2D eigenvalue weighted by molar-refractivity contribution is 7.89. The average Bonchev–Trinajstić information content (AvgIpc) is 2.70. The highest BCUT2D eigenvalue weighted by atomic mass is 35.5. The van der Waals surface area contributed by atoms with Crippen LogP contribution in [-0.4, -0.2) is 38.8 Å². The van der Waals surface area contributed by atoms with Gasteiger partial charge in [0.25, 0.3) is 0 Å². The highest BCUT2D eigenvalue weighted by Gasteiger charge is 2.35. The molecule has 1 heterocycles. The summed E-state index contributed by atoms with van der Waals surface area (Å²) >= 11 is 12.0. The number of carbonyl (C=O) groups excluding carboxylic acids is 1. The molecular weight excluding hydrogens is 442 g/mol. The van der Waals surface area contributed by atoms with Crippen LogP contribution in [0.25, 0.3) is 0 Å². The summed E-state index contributed by atoms with van der Waals surface area (Å²) < 4.78 is 46.0. The van der Waals surface area contributed by atoms with E-state index in [0.717, 1.165) is 12.1 Å². The standard InChI is InChI=1S/C19H19Cl2FN2O4S/c1-28-17-7-5-14(22)10-18(17)29(26,27)24-8-2-3-12(11-24)19(25)23-16-9-13(20)4-6-15(16)21/h4-7,9-10,12H,2-3,8,11H2,1H3,(H,23,25)/t12-/m1/s1. The van der Waals surface area contributed by atoms with Gasteiger partial charge in [0.2, 0.25) is 15.9 Å². The Bertz CT molecular complexity index is 1030. The molecule has 2 aromatic rings. The second-order valence-electron chi connectivity index (χ2n) is 6.61. The zero-order chi connectivity index (χ0) is 21.2. The monoisotopic (exact) mass is 460 g/mol. The Hall–Kier alpha value is -1.87. The minimum Gasteiger partial charge on any atom is -0.495 e. The molecule has 0 saturated carbocycles. The number of nitrogens with zero attached hydrogens (tertiary/aromatic N) is 1. The number of halogens is 3. The van der Waals surface area contributed by atoms with Gasteiger partial charge in [0, 0.05) is 18.1 Å². The summed E-state index contributed by atoms with van der Waals surface area (Å²) in [6, 6.07) is 7.99. The van der Waals surface area contributed by atoms with Crippen LogP contribution in [0.15, 0.2) is 41.3 Å². The Kier molecular flexibility index (Phi) is 6.68. The van der Waals surface area contributed by atoms with Gasteiger partial charge in [-0.2, -0.15) is 4.31 Å². The van der Waals surface area contributed by atoms with Gasteiger partial charge in [-0.15, -0.1) is 0 Å². The lowest BCUT2D eigenvalue weighted by Gasteiger charge is -2.31. The zero-order valence-electron chi connectivity index (χ0n) is 15.5. The summed E-state index contributed by atoms with van der Waals surface area (Å²) in [7, 11) is -2.73. The van der Waals surface area contributed by atoms with Crippen LogP contribution in [0.4, 0.5) is 10.1 Å². The van der Waals surface area contributed by atoms with Crippen molar-refractivity contribution in [2.24, 2.45) is 5.92 Å². The maximum atomic E-state index is 13.7. The van der Waals surface area contributed by atoms with Gasteiger partial charge in [-0.3, -0.25) is 4.79 Å². The second kappa shape index (κ2) is 8.87.